The number of urea groups is 1. The highest BCUT2D eigenvalue weighted by Crippen LogP contribution is 2.30. The molecule has 0 radical (unpaired) electrons. The third-order valence-electron chi connectivity index (χ3n) is 4.50. The van der Waals surface area contributed by atoms with Gasteiger partial charge in [0.05, 0.1) is 40.5 Å². The van der Waals surface area contributed by atoms with Gasteiger partial charge in [0.2, 0.25) is 0 Å². The summed E-state index contributed by atoms with van der Waals surface area (Å²) in [4.78, 5) is 12.6. The molecule has 2 atom stereocenters. The molecule has 2 aromatic carbocycles. The Labute approximate surface area is 165 Å². The van der Waals surface area contributed by atoms with E-state index >= 15 is 0 Å². The van der Waals surface area contributed by atoms with Gasteiger partial charge in [-0.2, -0.15) is 0 Å². The van der Waals surface area contributed by atoms with Crippen LogP contribution in [-0.4, -0.2) is 34.5 Å². The Bertz CT molecular complexity index is 744. The average molecular weight is 388 g/mol. The first kappa shape index (κ1) is 21.2. The van der Waals surface area contributed by atoms with E-state index in [0.717, 1.165) is 11.1 Å². The van der Waals surface area contributed by atoms with Crippen LogP contribution in [0, 0.1) is 0 Å². The topological polar surface area (TPSA) is 78.1 Å². The van der Waals surface area contributed by atoms with Crippen LogP contribution in [-0.2, 0) is 0 Å². The summed E-state index contributed by atoms with van der Waals surface area (Å²) in [5.74, 6) is 2.74. The van der Waals surface area contributed by atoms with E-state index in [9.17, 15) is 4.79 Å². The SMILES string of the molecule is COc1ccc(OC)c(C(C)NC(=O)NC(C)c2cc(OC)ccc2OC)c1. The number of hydrogen-bond acceptors (Lipinski definition) is 5. The molecule has 2 N–H and O–H groups in total. The summed E-state index contributed by atoms with van der Waals surface area (Å²) in [6.07, 6.45) is 0. The van der Waals surface area contributed by atoms with E-state index in [1.54, 1.807) is 28.4 Å². The molecule has 0 bridgehead atoms. The highest BCUT2D eigenvalue weighted by Gasteiger charge is 2.19. The maximum Gasteiger partial charge on any atom is 0.315 e. The molecule has 0 saturated heterocycles. The zero-order valence-electron chi connectivity index (χ0n) is 17.2. The van der Waals surface area contributed by atoms with Crippen molar-refractivity contribution in [2.45, 2.75) is 25.9 Å². The van der Waals surface area contributed by atoms with Gasteiger partial charge in [0.25, 0.3) is 0 Å². The molecule has 2 unspecified atom stereocenters. The second-order valence-electron chi connectivity index (χ2n) is 6.28. The molecule has 2 aromatic rings. The van der Waals surface area contributed by atoms with Gasteiger partial charge in [0, 0.05) is 11.1 Å². The molecule has 7 heteroatoms. The second-order valence-corrected chi connectivity index (χ2v) is 6.28. The lowest BCUT2D eigenvalue weighted by atomic mass is 10.1. The molecule has 7 nitrogen and oxygen atoms in total. The van der Waals surface area contributed by atoms with Crippen molar-refractivity contribution in [2.24, 2.45) is 0 Å². The molecule has 2 amide bonds. The standard InChI is InChI=1S/C21H28N2O5/c1-13(17-11-15(25-3)7-9-19(17)27-5)22-21(24)23-14(2)18-12-16(26-4)8-10-20(18)28-6/h7-14H,1-6H3,(H2,22,23,24). The Kier molecular flexibility index (Phi) is 7.37. The Morgan fingerprint density at radius 2 is 1.11 bits per heavy atom. The summed E-state index contributed by atoms with van der Waals surface area (Å²) < 4.78 is 21.3. The van der Waals surface area contributed by atoms with Gasteiger partial charge in [-0.1, -0.05) is 0 Å². The van der Waals surface area contributed by atoms with E-state index in [-0.39, 0.29) is 18.1 Å². The van der Waals surface area contributed by atoms with Crippen LogP contribution in [0.2, 0.25) is 0 Å². The summed E-state index contributed by atoms with van der Waals surface area (Å²) in [7, 11) is 6.38. The Morgan fingerprint density at radius 1 is 0.714 bits per heavy atom. The lowest BCUT2D eigenvalue weighted by Crippen LogP contribution is -2.38. The largest absolute Gasteiger partial charge is 0.497 e. The Balaban J connectivity index is 2.12. The molecule has 0 aliphatic rings. The van der Waals surface area contributed by atoms with E-state index in [4.69, 9.17) is 18.9 Å². The number of carbonyl (C=O) groups excluding carboxylic acids is 1. The lowest BCUT2D eigenvalue weighted by molar-refractivity contribution is 0.234. The van der Waals surface area contributed by atoms with Crippen molar-refractivity contribution in [2.75, 3.05) is 28.4 Å². The van der Waals surface area contributed by atoms with Crippen LogP contribution < -0.4 is 29.6 Å². The molecule has 28 heavy (non-hydrogen) atoms. The van der Waals surface area contributed by atoms with Gasteiger partial charge in [-0.25, -0.2) is 4.79 Å². The number of carbonyl (C=O) groups is 1. The van der Waals surface area contributed by atoms with Gasteiger partial charge in [-0.3, -0.25) is 0 Å². The van der Waals surface area contributed by atoms with Crippen LogP contribution in [0.25, 0.3) is 0 Å². The minimum absolute atomic E-state index is 0.288. The van der Waals surface area contributed by atoms with Gasteiger partial charge < -0.3 is 29.6 Å². The van der Waals surface area contributed by atoms with Crippen molar-refractivity contribution in [1.29, 1.82) is 0 Å². The minimum atomic E-state index is -0.310. The van der Waals surface area contributed by atoms with E-state index in [1.165, 1.54) is 0 Å². The van der Waals surface area contributed by atoms with Crippen molar-refractivity contribution in [3.05, 3.63) is 47.5 Å². The molecule has 0 fully saturated rings. The minimum Gasteiger partial charge on any atom is -0.497 e. The maximum atomic E-state index is 12.6. The van der Waals surface area contributed by atoms with Crippen LogP contribution >= 0.6 is 0 Å². The number of nitrogens with one attached hydrogen (secondary N) is 2. The fourth-order valence-electron chi connectivity index (χ4n) is 2.95. The van der Waals surface area contributed by atoms with Crippen molar-refractivity contribution >= 4 is 6.03 Å². The first-order valence-electron chi connectivity index (χ1n) is 8.94. The first-order chi connectivity index (χ1) is 13.4. The third-order valence-corrected chi connectivity index (χ3v) is 4.50. The molecule has 152 valence electrons. The fourth-order valence-corrected chi connectivity index (χ4v) is 2.95. The van der Waals surface area contributed by atoms with Gasteiger partial charge >= 0.3 is 6.03 Å². The van der Waals surface area contributed by atoms with E-state index in [2.05, 4.69) is 10.6 Å². The summed E-state index contributed by atoms with van der Waals surface area (Å²) in [6.45, 7) is 3.77. The summed E-state index contributed by atoms with van der Waals surface area (Å²) in [5.41, 5.74) is 1.65. The number of rotatable bonds is 8. The molecule has 0 aliphatic heterocycles. The zero-order chi connectivity index (χ0) is 20.7. The van der Waals surface area contributed by atoms with Gasteiger partial charge in [0.1, 0.15) is 23.0 Å². The van der Waals surface area contributed by atoms with E-state index < -0.39 is 0 Å². The van der Waals surface area contributed by atoms with Crippen molar-refractivity contribution < 1.29 is 23.7 Å². The van der Waals surface area contributed by atoms with Gasteiger partial charge in [-0.05, 0) is 50.2 Å². The molecule has 0 heterocycles. The molecule has 0 aromatic heterocycles. The zero-order valence-corrected chi connectivity index (χ0v) is 17.2. The molecule has 2 rings (SSSR count). The van der Waals surface area contributed by atoms with Crippen LogP contribution in [0.15, 0.2) is 36.4 Å². The highest BCUT2D eigenvalue weighted by molar-refractivity contribution is 5.75. The van der Waals surface area contributed by atoms with Crippen molar-refractivity contribution in [3.63, 3.8) is 0 Å². The summed E-state index contributed by atoms with van der Waals surface area (Å²) >= 11 is 0. The lowest BCUT2D eigenvalue weighted by Gasteiger charge is -2.22. The molecule has 0 saturated carbocycles. The Hall–Kier alpha value is -3.09. The highest BCUT2D eigenvalue weighted by atomic mass is 16.5. The number of ether oxygens (including phenoxy) is 4. The summed E-state index contributed by atoms with van der Waals surface area (Å²) in [5, 5.41) is 5.86. The van der Waals surface area contributed by atoms with Gasteiger partial charge in [0.15, 0.2) is 0 Å². The summed E-state index contributed by atoms with van der Waals surface area (Å²) in [6, 6.07) is 10.1. The third kappa shape index (κ3) is 5.00. The van der Waals surface area contributed by atoms with Crippen LogP contribution in [0.5, 0.6) is 23.0 Å². The predicted molar refractivity (Wildman–Crippen MR) is 108 cm³/mol. The number of amides is 2. The predicted octanol–water partition coefficient (Wildman–Crippen LogP) is 3.84. The first-order valence-corrected chi connectivity index (χ1v) is 8.94. The van der Waals surface area contributed by atoms with Crippen LogP contribution in [0.1, 0.15) is 37.1 Å². The number of benzene rings is 2. The van der Waals surface area contributed by atoms with Gasteiger partial charge in [-0.15, -0.1) is 0 Å². The maximum absolute atomic E-state index is 12.6. The normalized spacial score (nSPS) is 12.5. The Morgan fingerprint density at radius 3 is 1.43 bits per heavy atom. The molecular formula is C21H28N2O5. The molecular weight excluding hydrogens is 360 g/mol. The number of hydrogen-bond donors (Lipinski definition) is 2. The van der Waals surface area contributed by atoms with E-state index in [1.807, 2.05) is 50.2 Å². The van der Waals surface area contributed by atoms with Crippen molar-refractivity contribution in [1.82, 2.24) is 10.6 Å². The van der Waals surface area contributed by atoms with Crippen LogP contribution in [0.3, 0.4) is 0 Å². The molecule has 0 aliphatic carbocycles. The average Bonchev–Trinajstić information content (AvgIpc) is 2.72. The quantitative estimate of drug-likeness (QED) is 0.718. The van der Waals surface area contributed by atoms with Crippen molar-refractivity contribution in [3.8, 4) is 23.0 Å². The smallest absolute Gasteiger partial charge is 0.315 e. The second kappa shape index (κ2) is 9.73. The fraction of sp³-hybridized carbons (Fsp3) is 0.381. The number of methoxy groups -OCH3 is 4. The van der Waals surface area contributed by atoms with Crippen LogP contribution in [0.4, 0.5) is 4.79 Å². The monoisotopic (exact) mass is 388 g/mol. The van der Waals surface area contributed by atoms with E-state index in [0.29, 0.717) is 23.0 Å². The molecule has 0 spiro atoms.